The lowest BCUT2D eigenvalue weighted by Gasteiger charge is -2.30. The van der Waals surface area contributed by atoms with E-state index in [1.165, 1.54) is 17.4 Å². The minimum atomic E-state index is -0.304. The first-order valence-electron chi connectivity index (χ1n) is 7.91. The Kier molecular flexibility index (Phi) is 4.03. The topological polar surface area (TPSA) is 50.2 Å². The highest BCUT2D eigenvalue weighted by atomic mass is 32.1. The van der Waals surface area contributed by atoms with Gasteiger partial charge in [-0.15, -0.1) is 11.3 Å². The first-order valence-corrected chi connectivity index (χ1v) is 8.79. The number of nitrogens with zero attached hydrogens (tertiary/aromatic N) is 3. The third kappa shape index (κ3) is 2.70. The maximum Gasteiger partial charge on any atom is 0.273 e. The molecule has 24 heavy (non-hydrogen) atoms. The van der Waals surface area contributed by atoms with Crippen LogP contribution in [0, 0.1) is 5.82 Å². The van der Waals surface area contributed by atoms with Crippen molar-refractivity contribution in [3.05, 3.63) is 57.4 Å². The van der Waals surface area contributed by atoms with Crippen LogP contribution in [-0.4, -0.2) is 35.7 Å². The average Bonchev–Trinajstić information content (AvgIpc) is 3.08. The number of nitrogens with one attached hydrogen (secondary N) is 1. The lowest BCUT2D eigenvalue weighted by Crippen LogP contribution is -2.46. The van der Waals surface area contributed by atoms with Crippen molar-refractivity contribution in [2.75, 3.05) is 31.1 Å². The Hall–Kier alpha value is -2.25. The van der Waals surface area contributed by atoms with E-state index in [9.17, 15) is 9.18 Å². The molecular formula is C17H17FN4OS. The van der Waals surface area contributed by atoms with Crippen LogP contribution in [-0.2, 0) is 6.54 Å². The maximum absolute atomic E-state index is 14.1. The van der Waals surface area contributed by atoms with Crippen molar-refractivity contribution in [2.24, 2.45) is 0 Å². The number of rotatable bonds is 3. The van der Waals surface area contributed by atoms with Crippen LogP contribution < -0.4 is 15.8 Å². The Bertz CT molecular complexity index is 930. The van der Waals surface area contributed by atoms with Crippen molar-refractivity contribution in [1.82, 2.24) is 14.9 Å². The van der Waals surface area contributed by atoms with Gasteiger partial charge in [0.2, 0.25) is 5.95 Å². The lowest BCUT2D eigenvalue weighted by atomic mass is 10.2. The molecule has 0 aliphatic carbocycles. The predicted molar refractivity (Wildman–Crippen MR) is 94.5 cm³/mol. The quantitative estimate of drug-likeness (QED) is 0.790. The van der Waals surface area contributed by atoms with Crippen LogP contribution >= 0.6 is 11.3 Å². The van der Waals surface area contributed by atoms with Crippen molar-refractivity contribution in [1.29, 1.82) is 0 Å². The number of hydrogen-bond acceptors (Lipinski definition) is 5. The van der Waals surface area contributed by atoms with E-state index in [1.807, 2.05) is 11.4 Å². The average molecular weight is 344 g/mol. The van der Waals surface area contributed by atoms with Gasteiger partial charge >= 0.3 is 0 Å². The van der Waals surface area contributed by atoms with Gasteiger partial charge in [-0.1, -0.05) is 18.2 Å². The number of benzene rings is 1. The Morgan fingerprint density at radius 3 is 2.79 bits per heavy atom. The number of fused-ring (bicyclic) bond motifs is 1. The van der Waals surface area contributed by atoms with Crippen LogP contribution in [0.25, 0.3) is 10.2 Å². The number of piperazine rings is 1. The smallest absolute Gasteiger partial charge is 0.273 e. The second-order valence-corrected chi connectivity index (χ2v) is 6.68. The van der Waals surface area contributed by atoms with E-state index in [4.69, 9.17) is 4.98 Å². The monoisotopic (exact) mass is 344 g/mol. The summed E-state index contributed by atoms with van der Waals surface area (Å²) in [6.07, 6.45) is 0. The lowest BCUT2D eigenvalue weighted by molar-refractivity contribution is 0.557. The molecule has 2 aromatic heterocycles. The second-order valence-electron chi connectivity index (χ2n) is 5.77. The zero-order valence-corrected chi connectivity index (χ0v) is 13.9. The molecular weight excluding hydrogens is 327 g/mol. The number of halogens is 1. The summed E-state index contributed by atoms with van der Waals surface area (Å²) in [5, 5.41) is 5.16. The number of aromatic nitrogens is 2. The van der Waals surface area contributed by atoms with Crippen LogP contribution in [0.3, 0.4) is 0 Å². The number of hydrogen-bond donors (Lipinski definition) is 1. The molecule has 1 aromatic carbocycles. The van der Waals surface area contributed by atoms with Gasteiger partial charge in [-0.3, -0.25) is 9.36 Å². The third-order valence-corrected chi connectivity index (χ3v) is 5.12. The molecule has 3 heterocycles. The highest BCUT2D eigenvalue weighted by Crippen LogP contribution is 2.21. The molecule has 124 valence electrons. The minimum Gasteiger partial charge on any atom is -0.340 e. The maximum atomic E-state index is 14.1. The molecule has 0 amide bonds. The minimum absolute atomic E-state index is 0.105. The number of anilines is 1. The van der Waals surface area contributed by atoms with E-state index in [0.29, 0.717) is 21.7 Å². The molecule has 0 bridgehead atoms. The van der Waals surface area contributed by atoms with Crippen molar-refractivity contribution in [2.45, 2.75) is 6.54 Å². The van der Waals surface area contributed by atoms with Gasteiger partial charge in [0.1, 0.15) is 10.5 Å². The van der Waals surface area contributed by atoms with E-state index in [0.717, 1.165) is 26.2 Å². The summed E-state index contributed by atoms with van der Waals surface area (Å²) in [5.74, 6) is 0.317. The Morgan fingerprint density at radius 1 is 1.21 bits per heavy atom. The molecule has 1 aliphatic rings. The van der Waals surface area contributed by atoms with Crippen LogP contribution in [0.5, 0.6) is 0 Å². The molecule has 1 saturated heterocycles. The first kappa shape index (κ1) is 15.3. The van der Waals surface area contributed by atoms with Gasteiger partial charge in [0.05, 0.1) is 12.1 Å². The standard InChI is InChI=1S/C17H17FN4OS/c18-13-4-2-1-3-12(13)11-22-16(23)15-14(5-10-24-15)20-17(22)21-8-6-19-7-9-21/h1-5,10,19H,6-9,11H2. The normalized spacial score (nSPS) is 15.1. The van der Waals surface area contributed by atoms with Crippen LogP contribution in [0.15, 0.2) is 40.5 Å². The fraction of sp³-hybridized carbons (Fsp3) is 0.294. The van der Waals surface area contributed by atoms with Crippen molar-refractivity contribution >= 4 is 27.5 Å². The van der Waals surface area contributed by atoms with E-state index in [-0.39, 0.29) is 17.9 Å². The van der Waals surface area contributed by atoms with Crippen molar-refractivity contribution in [3.8, 4) is 0 Å². The Balaban J connectivity index is 1.86. The van der Waals surface area contributed by atoms with Crippen LogP contribution in [0.1, 0.15) is 5.56 Å². The van der Waals surface area contributed by atoms with E-state index in [2.05, 4.69) is 10.2 Å². The molecule has 1 fully saturated rings. The van der Waals surface area contributed by atoms with E-state index >= 15 is 0 Å². The summed E-state index contributed by atoms with van der Waals surface area (Å²) in [5.41, 5.74) is 1.10. The van der Waals surface area contributed by atoms with Crippen LogP contribution in [0.2, 0.25) is 0 Å². The van der Waals surface area contributed by atoms with Crippen molar-refractivity contribution < 1.29 is 4.39 Å². The molecule has 7 heteroatoms. The van der Waals surface area contributed by atoms with Gasteiger partial charge < -0.3 is 10.2 Å². The van der Waals surface area contributed by atoms with Gasteiger partial charge in [0.25, 0.3) is 5.56 Å². The molecule has 1 aliphatic heterocycles. The second kappa shape index (κ2) is 6.33. The van der Waals surface area contributed by atoms with Gasteiger partial charge in [-0.05, 0) is 17.5 Å². The summed E-state index contributed by atoms with van der Waals surface area (Å²) in [4.78, 5) is 19.7. The molecule has 5 nitrogen and oxygen atoms in total. The number of thiophene rings is 1. The SMILES string of the molecule is O=c1c2sccc2nc(N2CCNCC2)n1Cc1ccccc1F. The zero-order valence-electron chi connectivity index (χ0n) is 13.0. The third-order valence-electron chi connectivity index (χ3n) is 4.23. The summed E-state index contributed by atoms with van der Waals surface area (Å²) in [6, 6.07) is 8.43. The molecule has 0 atom stereocenters. The van der Waals surface area contributed by atoms with E-state index in [1.54, 1.807) is 22.8 Å². The Labute approximate surface area is 142 Å². The van der Waals surface area contributed by atoms with Gasteiger partial charge in [-0.25, -0.2) is 9.37 Å². The highest BCUT2D eigenvalue weighted by molar-refractivity contribution is 7.17. The molecule has 1 N–H and O–H groups in total. The van der Waals surface area contributed by atoms with Gasteiger partial charge in [0.15, 0.2) is 0 Å². The molecule has 0 radical (unpaired) electrons. The fourth-order valence-electron chi connectivity index (χ4n) is 2.98. The van der Waals surface area contributed by atoms with Gasteiger partial charge in [-0.2, -0.15) is 0 Å². The fourth-order valence-corrected chi connectivity index (χ4v) is 3.76. The summed E-state index contributed by atoms with van der Waals surface area (Å²) in [6.45, 7) is 3.43. The largest absolute Gasteiger partial charge is 0.340 e. The van der Waals surface area contributed by atoms with E-state index < -0.39 is 0 Å². The molecule has 4 rings (SSSR count). The zero-order chi connectivity index (χ0) is 16.5. The molecule has 3 aromatic rings. The van der Waals surface area contributed by atoms with Gasteiger partial charge in [0, 0.05) is 31.7 Å². The summed E-state index contributed by atoms with van der Waals surface area (Å²) in [7, 11) is 0. The Morgan fingerprint density at radius 2 is 2.00 bits per heavy atom. The van der Waals surface area contributed by atoms with Crippen molar-refractivity contribution in [3.63, 3.8) is 0 Å². The molecule has 0 spiro atoms. The predicted octanol–water partition coefficient (Wildman–Crippen LogP) is 2.05. The summed E-state index contributed by atoms with van der Waals surface area (Å²) >= 11 is 1.38. The first-order chi connectivity index (χ1) is 11.7. The molecule has 0 unspecified atom stereocenters. The highest BCUT2D eigenvalue weighted by Gasteiger charge is 2.20. The molecule has 0 saturated carbocycles. The van der Waals surface area contributed by atoms with Crippen LogP contribution in [0.4, 0.5) is 10.3 Å². The summed E-state index contributed by atoms with van der Waals surface area (Å²) < 4.78 is 16.3.